The van der Waals surface area contributed by atoms with E-state index >= 15 is 0 Å². The number of thioether (sulfide) groups is 1. The lowest BCUT2D eigenvalue weighted by molar-refractivity contribution is -0.123. The Bertz CT molecular complexity index is 959. The first-order chi connectivity index (χ1) is 11.7. The van der Waals surface area contributed by atoms with Gasteiger partial charge in [0.1, 0.15) is 0 Å². The highest BCUT2D eigenvalue weighted by atomic mass is 35.5. The van der Waals surface area contributed by atoms with Gasteiger partial charge in [-0.25, -0.2) is 0 Å². The van der Waals surface area contributed by atoms with Crippen LogP contribution >= 0.6 is 35.6 Å². The first kappa shape index (κ1) is 15.6. The lowest BCUT2D eigenvalue weighted by Gasteiger charge is -2.12. The summed E-state index contributed by atoms with van der Waals surface area (Å²) in [6.45, 7) is 0. The van der Waals surface area contributed by atoms with Crippen LogP contribution in [-0.2, 0) is 4.79 Å². The normalized spacial score (nSPS) is 15.3. The van der Waals surface area contributed by atoms with E-state index in [1.54, 1.807) is 6.21 Å². The topological polar surface area (TPSA) is 32.7 Å². The molecular formula is C18H11ClN2OS2. The van der Waals surface area contributed by atoms with E-state index in [-0.39, 0.29) is 5.91 Å². The van der Waals surface area contributed by atoms with Crippen molar-refractivity contribution in [2.24, 2.45) is 5.10 Å². The number of nitrogens with zero attached hydrogens (tertiary/aromatic N) is 2. The Labute approximate surface area is 153 Å². The van der Waals surface area contributed by atoms with Gasteiger partial charge in [0.15, 0.2) is 4.32 Å². The van der Waals surface area contributed by atoms with Crippen molar-refractivity contribution in [2.45, 2.75) is 0 Å². The van der Waals surface area contributed by atoms with Crippen LogP contribution in [0.1, 0.15) is 5.56 Å². The molecule has 0 spiro atoms. The Morgan fingerprint density at radius 3 is 2.08 bits per heavy atom. The second kappa shape index (κ2) is 6.16. The maximum atomic E-state index is 11.9. The average molecular weight is 371 g/mol. The van der Waals surface area contributed by atoms with E-state index in [4.69, 9.17) is 23.8 Å². The molecule has 118 valence electrons. The van der Waals surface area contributed by atoms with Crippen LogP contribution in [0.4, 0.5) is 0 Å². The molecule has 0 bridgehead atoms. The molecule has 0 unspecified atom stereocenters. The average Bonchev–Trinajstić information content (AvgIpc) is 2.93. The van der Waals surface area contributed by atoms with Crippen LogP contribution in [0.5, 0.6) is 0 Å². The monoisotopic (exact) mass is 370 g/mol. The van der Waals surface area contributed by atoms with E-state index < -0.39 is 0 Å². The highest BCUT2D eigenvalue weighted by Gasteiger charge is 2.26. The molecule has 1 saturated heterocycles. The summed E-state index contributed by atoms with van der Waals surface area (Å²) in [5.74, 6) is 0.252. The lowest BCUT2D eigenvalue weighted by Crippen LogP contribution is -2.22. The van der Waals surface area contributed by atoms with Crippen molar-refractivity contribution in [2.75, 3.05) is 5.75 Å². The van der Waals surface area contributed by atoms with Crippen molar-refractivity contribution in [3.8, 4) is 0 Å². The van der Waals surface area contributed by atoms with Crippen molar-refractivity contribution in [1.82, 2.24) is 5.01 Å². The minimum absolute atomic E-state index is 0.0937. The van der Waals surface area contributed by atoms with Gasteiger partial charge in [0.25, 0.3) is 5.91 Å². The predicted octanol–water partition coefficient (Wildman–Crippen LogP) is 4.84. The van der Waals surface area contributed by atoms with E-state index in [0.717, 1.165) is 32.1 Å². The van der Waals surface area contributed by atoms with Crippen LogP contribution in [0.15, 0.2) is 53.6 Å². The van der Waals surface area contributed by atoms with Gasteiger partial charge in [0, 0.05) is 16.3 Å². The first-order valence-electron chi connectivity index (χ1n) is 7.29. The van der Waals surface area contributed by atoms with Gasteiger partial charge in [0.2, 0.25) is 0 Å². The molecule has 0 radical (unpaired) electrons. The minimum atomic E-state index is -0.0937. The number of carbonyl (C=O) groups is 1. The molecule has 24 heavy (non-hydrogen) atoms. The summed E-state index contributed by atoms with van der Waals surface area (Å²) in [5.41, 5.74) is 0.929. The quantitative estimate of drug-likeness (QED) is 0.367. The minimum Gasteiger partial charge on any atom is -0.272 e. The Kier molecular flexibility index (Phi) is 4.00. The van der Waals surface area contributed by atoms with Gasteiger partial charge in [0.05, 0.1) is 17.0 Å². The summed E-state index contributed by atoms with van der Waals surface area (Å²) in [5, 5.41) is 10.3. The zero-order chi connectivity index (χ0) is 16.7. The van der Waals surface area contributed by atoms with Crippen LogP contribution in [0.25, 0.3) is 21.5 Å². The molecular weight excluding hydrogens is 360 g/mol. The van der Waals surface area contributed by atoms with Gasteiger partial charge in [-0.2, -0.15) is 10.1 Å². The Balaban J connectivity index is 1.97. The van der Waals surface area contributed by atoms with Crippen molar-refractivity contribution in [3.05, 3.63) is 59.1 Å². The maximum Gasteiger partial charge on any atom is 0.259 e. The molecule has 3 aromatic carbocycles. The number of thiocarbonyl (C=S) groups is 1. The summed E-state index contributed by atoms with van der Waals surface area (Å²) in [6.07, 6.45) is 1.71. The fraction of sp³-hybridized carbons (Fsp3) is 0.0556. The number of benzene rings is 3. The van der Waals surface area contributed by atoms with Crippen molar-refractivity contribution >= 4 is 73.6 Å². The molecule has 4 rings (SSSR count). The van der Waals surface area contributed by atoms with E-state index in [9.17, 15) is 4.79 Å². The third kappa shape index (κ3) is 2.49. The first-order valence-corrected chi connectivity index (χ1v) is 9.06. The van der Waals surface area contributed by atoms with Crippen molar-refractivity contribution in [3.63, 3.8) is 0 Å². The number of carbonyl (C=O) groups excluding carboxylic acids is 1. The Morgan fingerprint density at radius 1 is 1.04 bits per heavy atom. The molecule has 1 fully saturated rings. The lowest BCUT2D eigenvalue weighted by atomic mass is 9.97. The second-order valence-corrected chi connectivity index (χ2v) is 7.31. The third-order valence-corrected chi connectivity index (χ3v) is 5.68. The molecule has 0 saturated carbocycles. The predicted molar refractivity (Wildman–Crippen MR) is 106 cm³/mol. The summed E-state index contributed by atoms with van der Waals surface area (Å²) in [4.78, 5) is 11.9. The number of rotatable bonds is 2. The van der Waals surface area contributed by atoms with E-state index in [1.165, 1.54) is 16.8 Å². The van der Waals surface area contributed by atoms with Gasteiger partial charge in [-0.1, -0.05) is 84.1 Å². The molecule has 0 atom stereocenters. The number of halogens is 1. The van der Waals surface area contributed by atoms with E-state index in [1.807, 2.05) is 48.5 Å². The third-order valence-electron chi connectivity index (χ3n) is 3.94. The van der Waals surface area contributed by atoms with Gasteiger partial charge < -0.3 is 0 Å². The van der Waals surface area contributed by atoms with Crippen molar-refractivity contribution in [1.29, 1.82) is 0 Å². The Morgan fingerprint density at radius 2 is 1.58 bits per heavy atom. The number of fused-ring (bicyclic) bond motifs is 2. The molecule has 3 aromatic rings. The molecule has 0 aliphatic carbocycles. The zero-order valence-electron chi connectivity index (χ0n) is 12.4. The summed E-state index contributed by atoms with van der Waals surface area (Å²) >= 11 is 13.1. The molecule has 1 aliphatic heterocycles. The summed E-state index contributed by atoms with van der Waals surface area (Å²) in [7, 11) is 0. The number of hydrogen-bond donors (Lipinski definition) is 0. The fourth-order valence-corrected chi connectivity index (χ4v) is 4.12. The van der Waals surface area contributed by atoms with Crippen LogP contribution in [0.2, 0.25) is 5.02 Å². The largest absolute Gasteiger partial charge is 0.272 e. The summed E-state index contributed by atoms with van der Waals surface area (Å²) in [6, 6.07) is 15.8. The van der Waals surface area contributed by atoms with Crippen LogP contribution < -0.4 is 0 Å². The summed E-state index contributed by atoms with van der Waals surface area (Å²) < 4.78 is 0.485. The van der Waals surface area contributed by atoms with Gasteiger partial charge >= 0.3 is 0 Å². The molecule has 0 N–H and O–H groups in total. The molecule has 1 amide bonds. The van der Waals surface area contributed by atoms with Gasteiger partial charge in [-0.3, -0.25) is 4.79 Å². The second-order valence-electron chi connectivity index (χ2n) is 5.32. The van der Waals surface area contributed by atoms with Crippen LogP contribution in [0.3, 0.4) is 0 Å². The van der Waals surface area contributed by atoms with Gasteiger partial charge in [-0.15, -0.1) is 0 Å². The zero-order valence-corrected chi connectivity index (χ0v) is 14.8. The molecule has 6 heteroatoms. The number of hydrazone groups is 1. The Hall–Kier alpha value is -1.95. The molecule has 1 aliphatic rings. The number of hydrogen-bond acceptors (Lipinski definition) is 4. The highest BCUT2D eigenvalue weighted by molar-refractivity contribution is 8.23. The van der Waals surface area contributed by atoms with Crippen LogP contribution in [0, 0.1) is 0 Å². The SMILES string of the molecule is O=C1CSC(=S)N1N=Cc1c2ccccc2c(Cl)c2ccccc12. The maximum absolute atomic E-state index is 11.9. The fourth-order valence-electron chi connectivity index (χ4n) is 2.82. The van der Waals surface area contributed by atoms with E-state index in [2.05, 4.69) is 5.10 Å². The molecule has 0 aromatic heterocycles. The van der Waals surface area contributed by atoms with Crippen molar-refractivity contribution < 1.29 is 4.79 Å². The van der Waals surface area contributed by atoms with Gasteiger partial charge in [-0.05, 0) is 10.8 Å². The molecule has 1 heterocycles. The number of amides is 1. The van der Waals surface area contributed by atoms with Crippen LogP contribution in [-0.4, -0.2) is 27.2 Å². The highest BCUT2D eigenvalue weighted by Crippen LogP contribution is 2.35. The molecule has 3 nitrogen and oxygen atoms in total. The standard InChI is InChI=1S/C18H11ClN2OS2/c19-17-13-7-3-1-5-11(13)15(12-6-2-4-8-14(12)17)9-20-21-16(22)10-24-18(21)23/h1-9H,10H2. The smallest absolute Gasteiger partial charge is 0.259 e. The van der Waals surface area contributed by atoms with E-state index in [0.29, 0.717) is 10.1 Å².